The summed E-state index contributed by atoms with van der Waals surface area (Å²) in [5, 5.41) is 10.5. The highest BCUT2D eigenvalue weighted by Gasteiger charge is 2.44. The second-order valence-electron chi connectivity index (χ2n) is 16.6. The van der Waals surface area contributed by atoms with Crippen molar-refractivity contribution in [3.05, 3.63) is 218 Å². The Morgan fingerprint density at radius 3 is 1.55 bits per heavy atom. The fourth-order valence-electron chi connectivity index (χ4n) is 10.7. The van der Waals surface area contributed by atoms with Crippen LogP contribution in [0.2, 0.25) is 0 Å². The molecule has 0 unspecified atom stereocenters. The fraction of sp³-hybridized carbons (Fsp3) is 0.0357. The topological polar surface area (TPSA) is 9.86 Å². The molecule has 4 heteroatoms. The van der Waals surface area contributed by atoms with Crippen LogP contribution >= 0.6 is 0 Å². The highest BCUT2D eigenvalue weighted by Crippen LogP contribution is 2.54. The van der Waals surface area contributed by atoms with Crippen molar-refractivity contribution in [1.29, 1.82) is 0 Å². The van der Waals surface area contributed by atoms with Crippen LogP contribution in [-0.2, 0) is 0 Å². The molecule has 0 amide bonds. The van der Waals surface area contributed by atoms with E-state index in [9.17, 15) is 0 Å². The monoisotopic (exact) mass is 784 g/mol. The molecule has 3 nitrogen and oxygen atoms in total. The minimum Gasteiger partial charge on any atom is -0.309 e. The summed E-state index contributed by atoms with van der Waals surface area (Å²) in [5.74, 6) is 0. The molecular formula is C56H42N3Si+. The molecule has 1 aliphatic heterocycles. The Hall–Kier alpha value is -7.24. The van der Waals surface area contributed by atoms with Crippen molar-refractivity contribution >= 4 is 83.8 Å². The Bertz CT molecular complexity index is 3410. The van der Waals surface area contributed by atoms with Crippen LogP contribution < -0.4 is 25.2 Å². The predicted octanol–water partition coefficient (Wildman–Crippen LogP) is 11.1. The molecule has 60 heavy (non-hydrogen) atoms. The minimum atomic E-state index is -3.11. The average Bonchev–Trinajstić information content (AvgIpc) is 3.91. The number of fused-ring (bicyclic) bond motifs is 10. The van der Waals surface area contributed by atoms with Gasteiger partial charge in [-0.3, -0.25) is 4.48 Å². The van der Waals surface area contributed by atoms with Crippen molar-refractivity contribution in [1.82, 2.24) is 13.6 Å². The second kappa shape index (κ2) is 13.1. The van der Waals surface area contributed by atoms with E-state index in [1.807, 2.05) is 0 Å². The molecule has 0 fully saturated rings. The molecule has 0 atom stereocenters. The van der Waals surface area contributed by atoms with Gasteiger partial charge < -0.3 is 9.13 Å². The minimum absolute atomic E-state index is 0.709. The summed E-state index contributed by atoms with van der Waals surface area (Å²) in [6, 6.07) is 81.8. The van der Waals surface area contributed by atoms with Crippen LogP contribution in [0.4, 0.5) is 11.4 Å². The predicted molar refractivity (Wildman–Crippen MR) is 257 cm³/mol. The lowest BCUT2D eigenvalue weighted by Gasteiger charge is -2.35. The summed E-state index contributed by atoms with van der Waals surface area (Å²) in [6.07, 6.45) is 0. The van der Waals surface area contributed by atoms with Gasteiger partial charge in [0, 0.05) is 45.1 Å². The number of benzene rings is 9. The molecule has 11 aromatic rings. The maximum Gasteiger partial charge on any atom is 0.181 e. The van der Waals surface area contributed by atoms with Crippen molar-refractivity contribution in [3.63, 3.8) is 0 Å². The maximum absolute atomic E-state index is 3.11. The normalized spacial score (nSPS) is 13.3. The summed E-state index contributed by atoms with van der Waals surface area (Å²) in [5.41, 5.74) is 12.6. The largest absolute Gasteiger partial charge is 0.309 e. The Labute approximate surface area is 350 Å². The number of quaternary nitrogens is 1. The fourth-order valence-corrected chi connectivity index (χ4v) is 15.7. The van der Waals surface area contributed by atoms with E-state index >= 15 is 0 Å². The standard InChI is InChI=1S/C56H42N3Si/c1-59(2)51-34-17-14-30-48(51)54-52(59)37-36-47-45-29-13-16-33-50(45)58(56(47)54)40-22-18-27-43(38-40)60(41-23-8-4-9-24-41,42-25-10-5-11-26-42)53-35-19-31-46-44-28-12-15-32-49(44)57(55(46)53)39-20-6-3-7-21-39/h3-38H,1-2H3/q+1. The van der Waals surface area contributed by atoms with E-state index in [1.54, 1.807) is 0 Å². The number of hydrogen-bond donors (Lipinski definition) is 0. The Morgan fingerprint density at radius 2 is 0.867 bits per heavy atom. The highest BCUT2D eigenvalue weighted by molar-refractivity contribution is 7.20. The first-order valence-electron chi connectivity index (χ1n) is 20.9. The number of rotatable bonds is 6. The number of aromatic nitrogens is 2. The molecule has 12 rings (SSSR count). The lowest BCUT2D eigenvalue weighted by Crippen LogP contribution is -2.75. The molecule has 3 heterocycles. The Balaban J connectivity index is 1.23. The van der Waals surface area contributed by atoms with Gasteiger partial charge in [-0.05, 0) is 69.3 Å². The molecule has 284 valence electrons. The van der Waals surface area contributed by atoms with Crippen LogP contribution in [0, 0.1) is 0 Å². The summed E-state index contributed by atoms with van der Waals surface area (Å²) in [4.78, 5) is 0. The van der Waals surface area contributed by atoms with E-state index < -0.39 is 8.07 Å². The lowest BCUT2D eigenvalue weighted by atomic mass is 10.0. The zero-order chi connectivity index (χ0) is 40.0. The molecule has 0 bridgehead atoms. The quantitative estimate of drug-likeness (QED) is 0.0903. The lowest BCUT2D eigenvalue weighted by molar-refractivity contribution is 0.568. The van der Waals surface area contributed by atoms with Gasteiger partial charge in [0.15, 0.2) is 8.07 Å². The molecule has 2 aromatic heterocycles. The SMILES string of the molecule is C[N+]1(C)c2ccccc2-c2c1ccc1c3ccccc3n(-c3cccc([Si](c4ccccc4)(c4ccccc4)c4cccc5c6ccccc6n(-c6ccccc6)c45)c3)c21. The molecule has 0 aliphatic carbocycles. The zero-order valence-corrected chi connectivity index (χ0v) is 34.6. The van der Waals surface area contributed by atoms with Crippen molar-refractivity contribution in [2.45, 2.75) is 0 Å². The van der Waals surface area contributed by atoms with Crippen LogP contribution in [0.3, 0.4) is 0 Å². The van der Waals surface area contributed by atoms with Crippen molar-refractivity contribution in [2.24, 2.45) is 0 Å². The van der Waals surface area contributed by atoms with Gasteiger partial charge in [-0.15, -0.1) is 0 Å². The maximum atomic E-state index is 2.56. The molecule has 0 N–H and O–H groups in total. The Kier molecular flexibility index (Phi) is 7.61. The van der Waals surface area contributed by atoms with Crippen LogP contribution in [0.15, 0.2) is 218 Å². The van der Waals surface area contributed by atoms with Crippen molar-refractivity contribution in [3.8, 4) is 22.5 Å². The molecule has 0 saturated heterocycles. The summed E-state index contributed by atoms with van der Waals surface area (Å²) in [6.45, 7) is 0. The number of hydrogen-bond acceptors (Lipinski definition) is 0. The van der Waals surface area contributed by atoms with Crippen molar-refractivity contribution in [2.75, 3.05) is 14.1 Å². The third kappa shape index (κ3) is 4.74. The van der Waals surface area contributed by atoms with E-state index in [1.165, 1.54) is 92.5 Å². The zero-order valence-electron chi connectivity index (χ0n) is 33.6. The highest BCUT2D eigenvalue weighted by atomic mass is 28.3. The molecular weight excluding hydrogens is 743 g/mol. The van der Waals surface area contributed by atoms with Gasteiger partial charge in [-0.25, -0.2) is 0 Å². The smallest absolute Gasteiger partial charge is 0.181 e. The number of para-hydroxylation sites is 5. The van der Waals surface area contributed by atoms with Gasteiger partial charge in [0.25, 0.3) is 0 Å². The molecule has 0 spiro atoms. The second-order valence-corrected chi connectivity index (χ2v) is 20.4. The first-order valence-corrected chi connectivity index (χ1v) is 22.9. The van der Waals surface area contributed by atoms with Gasteiger partial charge in [0.05, 0.1) is 47.3 Å². The summed E-state index contributed by atoms with van der Waals surface area (Å²) >= 11 is 0. The van der Waals surface area contributed by atoms with Gasteiger partial charge in [0.1, 0.15) is 11.4 Å². The molecule has 0 radical (unpaired) electrons. The summed E-state index contributed by atoms with van der Waals surface area (Å²) < 4.78 is 5.79. The van der Waals surface area contributed by atoms with E-state index in [-0.39, 0.29) is 0 Å². The van der Waals surface area contributed by atoms with Gasteiger partial charge in [-0.2, -0.15) is 0 Å². The van der Waals surface area contributed by atoms with E-state index in [0.29, 0.717) is 4.48 Å². The van der Waals surface area contributed by atoms with Crippen LogP contribution in [0.25, 0.3) is 66.1 Å². The van der Waals surface area contributed by atoms with Gasteiger partial charge >= 0.3 is 0 Å². The van der Waals surface area contributed by atoms with Gasteiger partial charge in [0.2, 0.25) is 0 Å². The molecule has 9 aromatic carbocycles. The molecule has 1 aliphatic rings. The first-order chi connectivity index (χ1) is 29.6. The van der Waals surface area contributed by atoms with E-state index in [4.69, 9.17) is 0 Å². The van der Waals surface area contributed by atoms with Gasteiger partial charge in [-0.1, -0.05) is 158 Å². The third-order valence-electron chi connectivity index (χ3n) is 13.3. The van der Waals surface area contributed by atoms with Crippen LogP contribution in [0.1, 0.15) is 0 Å². The van der Waals surface area contributed by atoms with Crippen molar-refractivity contribution < 1.29 is 0 Å². The van der Waals surface area contributed by atoms with Crippen LogP contribution in [0.5, 0.6) is 0 Å². The molecule has 0 saturated carbocycles. The third-order valence-corrected chi connectivity index (χ3v) is 18.0. The van der Waals surface area contributed by atoms with E-state index in [2.05, 4.69) is 242 Å². The average molecular weight is 785 g/mol. The Morgan fingerprint density at radius 1 is 0.367 bits per heavy atom. The summed E-state index contributed by atoms with van der Waals surface area (Å²) in [7, 11) is 1.53. The van der Waals surface area contributed by atoms with Crippen LogP contribution in [-0.4, -0.2) is 31.3 Å². The first kappa shape index (κ1) is 34.8. The van der Waals surface area contributed by atoms with E-state index in [0.717, 1.165) is 5.69 Å². The number of nitrogens with zero attached hydrogens (tertiary/aromatic N) is 3.